The van der Waals surface area contributed by atoms with Gasteiger partial charge in [-0.3, -0.25) is 9.36 Å². The van der Waals surface area contributed by atoms with Gasteiger partial charge in [-0.2, -0.15) is 0 Å². The molecule has 3 aromatic rings. The third-order valence-corrected chi connectivity index (χ3v) is 5.45. The molecule has 26 heavy (non-hydrogen) atoms. The van der Waals surface area contributed by atoms with Gasteiger partial charge in [-0.15, -0.1) is 16.9 Å². The predicted octanol–water partition coefficient (Wildman–Crippen LogP) is 4.35. The van der Waals surface area contributed by atoms with E-state index < -0.39 is 0 Å². The minimum atomic E-state index is 0.0113. The van der Waals surface area contributed by atoms with Gasteiger partial charge < -0.3 is 4.74 Å². The van der Waals surface area contributed by atoms with Gasteiger partial charge in [-0.05, 0) is 55.9 Å². The Balaban J connectivity index is 2.38. The molecule has 0 N–H and O–H groups in total. The van der Waals surface area contributed by atoms with E-state index in [2.05, 4.69) is 19.9 Å². The molecule has 3 rings (SSSR count). The maximum atomic E-state index is 13.3. The number of thioether (sulfide) groups is 1. The molecule has 0 fully saturated rings. The molecular weight excluding hydrogens is 346 g/mol. The summed E-state index contributed by atoms with van der Waals surface area (Å²) >= 11 is 1.62. The van der Waals surface area contributed by atoms with Gasteiger partial charge in [0.15, 0.2) is 5.82 Å². The van der Waals surface area contributed by atoms with Crippen LogP contribution in [0.3, 0.4) is 0 Å². The van der Waals surface area contributed by atoms with Crippen molar-refractivity contribution in [3.8, 4) is 17.1 Å². The van der Waals surface area contributed by atoms with Gasteiger partial charge in [0, 0.05) is 22.7 Å². The first-order chi connectivity index (χ1) is 12.4. The molecule has 2 aromatic heterocycles. The predicted molar refractivity (Wildman–Crippen MR) is 108 cm³/mol. The van der Waals surface area contributed by atoms with Crippen LogP contribution in [0.15, 0.2) is 34.0 Å². The molecule has 6 heteroatoms. The first-order valence-corrected chi connectivity index (χ1v) is 10.0. The number of benzene rings is 1. The highest BCUT2D eigenvalue weighted by atomic mass is 32.2. The number of hydrogen-bond acceptors (Lipinski definition) is 4. The topological polar surface area (TPSA) is 48.5 Å². The zero-order valence-electron chi connectivity index (χ0n) is 16.2. The van der Waals surface area contributed by atoms with E-state index in [0.717, 1.165) is 27.5 Å². The van der Waals surface area contributed by atoms with Gasteiger partial charge in [-0.1, -0.05) is 13.8 Å². The van der Waals surface area contributed by atoms with Crippen molar-refractivity contribution in [2.24, 2.45) is 0 Å². The number of rotatable bonds is 5. The van der Waals surface area contributed by atoms with Crippen molar-refractivity contribution in [1.82, 2.24) is 14.2 Å². The third-order valence-electron chi connectivity index (χ3n) is 4.67. The number of aromatic nitrogens is 3. The largest absolute Gasteiger partial charge is 0.497 e. The molecule has 5 nitrogen and oxygen atoms in total. The van der Waals surface area contributed by atoms with E-state index in [4.69, 9.17) is 9.84 Å². The second-order valence-electron chi connectivity index (χ2n) is 6.60. The lowest BCUT2D eigenvalue weighted by atomic mass is 10.1. The maximum Gasteiger partial charge on any atom is 0.278 e. The highest BCUT2D eigenvalue weighted by Crippen LogP contribution is 2.32. The number of fused-ring (bicyclic) bond motifs is 1. The molecular formula is C20H25N3O2S. The van der Waals surface area contributed by atoms with Gasteiger partial charge >= 0.3 is 0 Å². The normalized spacial score (nSPS) is 11.5. The van der Waals surface area contributed by atoms with E-state index in [9.17, 15) is 4.79 Å². The number of methoxy groups -OCH3 is 1. The monoisotopic (exact) mass is 371 g/mol. The van der Waals surface area contributed by atoms with Crippen LogP contribution in [-0.2, 0) is 6.54 Å². The second kappa shape index (κ2) is 7.19. The Morgan fingerprint density at radius 1 is 1.27 bits per heavy atom. The van der Waals surface area contributed by atoms with Gasteiger partial charge in [0.25, 0.3) is 5.56 Å². The summed E-state index contributed by atoms with van der Waals surface area (Å²) in [5, 5.41) is 4.87. The fraction of sp³-hybridized carbons (Fsp3) is 0.400. The molecule has 0 aliphatic carbocycles. The lowest BCUT2D eigenvalue weighted by Gasteiger charge is -2.15. The maximum absolute atomic E-state index is 13.3. The molecule has 2 heterocycles. The van der Waals surface area contributed by atoms with Crippen LogP contribution < -0.4 is 10.3 Å². The Kier molecular flexibility index (Phi) is 5.14. The van der Waals surface area contributed by atoms with Crippen molar-refractivity contribution < 1.29 is 4.74 Å². The lowest BCUT2D eigenvalue weighted by Crippen LogP contribution is -2.26. The molecule has 0 saturated carbocycles. The lowest BCUT2D eigenvalue weighted by molar-refractivity contribution is 0.414. The van der Waals surface area contributed by atoms with E-state index in [1.165, 1.54) is 0 Å². The van der Waals surface area contributed by atoms with Crippen LogP contribution in [0.4, 0.5) is 0 Å². The zero-order chi connectivity index (χ0) is 19.0. The number of ether oxygens (including phenoxy) is 1. The highest BCUT2D eigenvalue weighted by Gasteiger charge is 2.20. The summed E-state index contributed by atoms with van der Waals surface area (Å²) < 4.78 is 8.90. The van der Waals surface area contributed by atoms with E-state index in [-0.39, 0.29) is 11.5 Å². The van der Waals surface area contributed by atoms with Gasteiger partial charge in [0.1, 0.15) is 11.3 Å². The van der Waals surface area contributed by atoms with Crippen molar-refractivity contribution >= 4 is 17.3 Å². The first kappa shape index (κ1) is 18.6. The Hall–Kier alpha value is -2.21. The van der Waals surface area contributed by atoms with Gasteiger partial charge in [-0.25, -0.2) is 4.52 Å². The molecule has 1 aromatic carbocycles. The summed E-state index contributed by atoms with van der Waals surface area (Å²) in [7, 11) is 1.65. The molecule has 0 aliphatic rings. The fourth-order valence-electron chi connectivity index (χ4n) is 3.28. The van der Waals surface area contributed by atoms with Crippen molar-refractivity contribution in [2.75, 3.05) is 13.4 Å². The van der Waals surface area contributed by atoms with Crippen LogP contribution >= 0.6 is 11.8 Å². The van der Waals surface area contributed by atoms with Crippen LogP contribution in [0.2, 0.25) is 0 Å². The summed E-state index contributed by atoms with van der Waals surface area (Å²) in [5.41, 5.74) is 3.66. The quantitative estimate of drug-likeness (QED) is 0.626. The Labute approximate surface area is 158 Å². The summed E-state index contributed by atoms with van der Waals surface area (Å²) in [6.45, 7) is 8.76. The Morgan fingerprint density at radius 2 is 2.00 bits per heavy atom. The minimum Gasteiger partial charge on any atom is -0.497 e. The molecule has 0 saturated heterocycles. The molecule has 0 unspecified atom stereocenters. The SMILES string of the molecule is CCn1c(-c2ccc(OC)cc2SC)nn2c(C)cc(C(C)C)c2c1=O. The van der Waals surface area contributed by atoms with E-state index >= 15 is 0 Å². The number of nitrogens with zero attached hydrogens (tertiary/aromatic N) is 3. The van der Waals surface area contributed by atoms with E-state index in [1.54, 1.807) is 28.0 Å². The Morgan fingerprint density at radius 3 is 2.58 bits per heavy atom. The Bertz CT molecular complexity index is 1020. The molecule has 0 spiro atoms. The van der Waals surface area contributed by atoms with Crippen molar-refractivity contribution in [3.63, 3.8) is 0 Å². The molecule has 138 valence electrons. The summed E-state index contributed by atoms with van der Waals surface area (Å²) in [4.78, 5) is 14.3. The first-order valence-electron chi connectivity index (χ1n) is 8.78. The van der Waals surface area contributed by atoms with Crippen molar-refractivity contribution in [3.05, 3.63) is 45.9 Å². The molecule has 0 atom stereocenters. The van der Waals surface area contributed by atoms with Crippen LogP contribution in [0.5, 0.6) is 5.75 Å². The second-order valence-corrected chi connectivity index (χ2v) is 7.44. The highest BCUT2D eigenvalue weighted by molar-refractivity contribution is 7.98. The summed E-state index contributed by atoms with van der Waals surface area (Å²) in [6, 6.07) is 7.94. The van der Waals surface area contributed by atoms with E-state index in [1.807, 2.05) is 38.3 Å². The van der Waals surface area contributed by atoms with Gasteiger partial charge in [0.2, 0.25) is 0 Å². The molecule has 0 bridgehead atoms. The van der Waals surface area contributed by atoms with Crippen molar-refractivity contribution in [2.45, 2.75) is 45.1 Å². The summed E-state index contributed by atoms with van der Waals surface area (Å²) in [6.07, 6.45) is 2.02. The minimum absolute atomic E-state index is 0.0113. The van der Waals surface area contributed by atoms with Crippen molar-refractivity contribution in [1.29, 1.82) is 0 Å². The average Bonchev–Trinajstić information content (AvgIpc) is 2.98. The van der Waals surface area contributed by atoms with Crippen LogP contribution in [0.1, 0.15) is 37.9 Å². The third kappa shape index (κ3) is 2.92. The number of hydrogen-bond donors (Lipinski definition) is 0. The van der Waals surface area contributed by atoms with Crippen LogP contribution in [0, 0.1) is 6.92 Å². The number of aryl methyl sites for hydroxylation is 1. The molecule has 0 aliphatic heterocycles. The standard InChI is InChI=1S/C20H25N3O2S/c1-7-22-19(15-9-8-14(25-5)11-17(15)26-6)21-23-13(4)10-16(12(2)3)18(23)20(22)24/h8-12H,7H2,1-6H3. The van der Waals surface area contributed by atoms with Crippen LogP contribution in [-0.4, -0.2) is 27.5 Å². The van der Waals surface area contributed by atoms with Gasteiger partial charge in [0.05, 0.1) is 7.11 Å². The molecule has 0 radical (unpaired) electrons. The average molecular weight is 372 g/mol. The van der Waals surface area contributed by atoms with E-state index in [0.29, 0.717) is 17.9 Å². The zero-order valence-corrected chi connectivity index (χ0v) is 17.0. The molecule has 0 amide bonds. The van der Waals surface area contributed by atoms with Crippen LogP contribution in [0.25, 0.3) is 16.9 Å². The summed E-state index contributed by atoms with van der Waals surface area (Å²) in [5.74, 6) is 1.75. The smallest absolute Gasteiger partial charge is 0.278 e. The fourth-order valence-corrected chi connectivity index (χ4v) is 3.90.